The predicted molar refractivity (Wildman–Crippen MR) is 145 cm³/mol. The molecule has 3 aromatic carbocycles. The van der Waals surface area contributed by atoms with E-state index < -0.39 is 0 Å². The molecule has 3 N–H and O–H groups in total. The van der Waals surface area contributed by atoms with E-state index in [0.717, 1.165) is 28.9 Å². The van der Waals surface area contributed by atoms with Crippen molar-refractivity contribution in [2.75, 3.05) is 11.9 Å². The SMILES string of the molecule is C=C(c1c(O)cc(O)cc1OCc1ccccc1)N1CCc2cccc(Nc3ccc(=O)n(C)c3)c2C1. The number of benzene rings is 3. The number of pyridine rings is 1. The molecule has 5 rings (SSSR count). The van der Waals surface area contributed by atoms with Gasteiger partial charge in [-0.2, -0.15) is 0 Å². The van der Waals surface area contributed by atoms with Gasteiger partial charge in [-0.25, -0.2) is 0 Å². The zero-order chi connectivity index (χ0) is 25.9. The van der Waals surface area contributed by atoms with Crippen LogP contribution in [0.1, 0.15) is 22.3 Å². The van der Waals surface area contributed by atoms with Gasteiger partial charge >= 0.3 is 0 Å². The van der Waals surface area contributed by atoms with Gasteiger partial charge in [0.05, 0.1) is 11.3 Å². The van der Waals surface area contributed by atoms with Gasteiger partial charge < -0.3 is 29.7 Å². The van der Waals surface area contributed by atoms with E-state index in [1.54, 1.807) is 19.3 Å². The van der Waals surface area contributed by atoms with E-state index in [1.807, 2.05) is 42.5 Å². The second kappa shape index (κ2) is 10.1. The smallest absolute Gasteiger partial charge is 0.250 e. The molecule has 0 unspecified atom stereocenters. The van der Waals surface area contributed by atoms with Gasteiger partial charge in [0.1, 0.15) is 23.9 Å². The van der Waals surface area contributed by atoms with Crippen molar-refractivity contribution in [3.8, 4) is 17.2 Å². The molecule has 0 aliphatic carbocycles. The largest absolute Gasteiger partial charge is 0.508 e. The molecule has 0 fully saturated rings. The summed E-state index contributed by atoms with van der Waals surface area (Å²) in [6.07, 6.45) is 2.57. The number of phenols is 2. The van der Waals surface area contributed by atoms with Crippen LogP contribution in [0.15, 0.2) is 90.4 Å². The minimum atomic E-state index is -0.0875. The van der Waals surface area contributed by atoms with Crippen molar-refractivity contribution >= 4 is 17.1 Å². The molecule has 188 valence electrons. The number of fused-ring (bicyclic) bond motifs is 1. The van der Waals surface area contributed by atoms with Crippen LogP contribution in [0.3, 0.4) is 0 Å². The van der Waals surface area contributed by atoms with E-state index in [9.17, 15) is 15.0 Å². The fraction of sp³-hybridized carbons (Fsp3) is 0.167. The Kier molecular flexibility index (Phi) is 6.60. The van der Waals surface area contributed by atoms with Crippen LogP contribution < -0.4 is 15.6 Å². The van der Waals surface area contributed by atoms with Crippen LogP contribution in [0.25, 0.3) is 5.70 Å². The zero-order valence-corrected chi connectivity index (χ0v) is 20.6. The number of hydrogen-bond donors (Lipinski definition) is 3. The Bertz CT molecular complexity index is 1510. The summed E-state index contributed by atoms with van der Waals surface area (Å²) in [4.78, 5) is 13.9. The number of ether oxygens (including phenoxy) is 1. The molecule has 0 saturated carbocycles. The normalized spacial score (nSPS) is 12.6. The van der Waals surface area contributed by atoms with Crippen LogP contribution in [0.4, 0.5) is 11.4 Å². The summed E-state index contributed by atoms with van der Waals surface area (Å²) in [6.45, 7) is 5.89. The molecule has 1 aliphatic heterocycles. The van der Waals surface area contributed by atoms with Crippen molar-refractivity contribution < 1.29 is 14.9 Å². The van der Waals surface area contributed by atoms with Gasteiger partial charge in [-0.1, -0.05) is 49.0 Å². The van der Waals surface area contributed by atoms with Gasteiger partial charge in [0.25, 0.3) is 0 Å². The Labute approximate surface area is 215 Å². The quantitative estimate of drug-likeness (QED) is 0.329. The Balaban J connectivity index is 1.41. The maximum Gasteiger partial charge on any atom is 0.250 e. The van der Waals surface area contributed by atoms with Crippen molar-refractivity contribution in [2.45, 2.75) is 19.6 Å². The van der Waals surface area contributed by atoms with Crippen molar-refractivity contribution in [3.05, 3.63) is 118 Å². The van der Waals surface area contributed by atoms with Crippen molar-refractivity contribution in [2.24, 2.45) is 7.05 Å². The highest BCUT2D eigenvalue weighted by molar-refractivity contribution is 5.75. The summed E-state index contributed by atoms with van der Waals surface area (Å²) in [5, 5.41) is 24.4. The predicted octanol–water partition coefficient (Wildman–Crippen LogP) is 5.15. The Hall–Kier alpha value is -4.65. The van der Waals surface area contributed by atoms with E-state index in [-0.39, 0.29) is 17.1 Å². The fourth-order valence-corrected chi connectivity index (χ4v) is 4.64. The lowest BCUT2D eigenvalue weighted by Gasteiger charge is -2.34. The van der Waals surface area contributed by atoms with Crippen LogP contribution in [0.5, 0.6) is 17.2 Å². The average molecular weight is 496 g/mol. The number of anilines is 2. The summed E-state index contributed by atoms with van der Waals surface area (Å²) in [7, 11) is 1.72. The number of rotatable bonds is 7. The first kappa shape index (κ1) is 24.1. The van der Waals surface area contributed by atoms with Crippen LogP contribution in [-0.4, -0.2) is 26.2 Å². The fourth-order valence-electron chi connectivity index (χ4n) is 4.64. The number of aromatic nitrogens is 1. The highest BCUT2D eigenvalue weighted by atomic mass is 16.5. The minimum Gasteiger partial charge on any atom is -0.508 e. The third kappa shape index (κ3) is 5.16. The molecule has 0 bridgehead atoms. The second-order valence-electron chi connectivity index (χ2n) is 9.17. The van der Waals surface area contributed by atoms with Gasteiger partial charge in [-0.05, 0) is 35.2 Å². The third-order valence-electron chi connectivity index (χ3n) is 6.61. The Morgan fingerprint density at radius 3 is 2.65 bits per heavy atom. The van der Waals surface area contributed by atoms with Crippen LogP contribution in [0.2, 0.25) is 0 Å². The van der Waals surface area contributed by atoms with E-state index >= 15 is 0 Å². The molecule has 37 heavy (non-hydrogen) atoms. The number of nitrogens with one attached hydrogen (secondary N) is 1. The number of hydrogen-bond acceptors (Lipinski definition) is 6. The molecule has 7 nitrogen and oxygen atoms in total. The molecule has 7 heteroatoms. The van der Waals surface area contributed by atoms with Gasteiger partial charge in [0, 0.05) is 55.9 Å². The Morgan fingerprint density at radius 1 is 1.05 bits per heavy atom. The molecular weight excluding hydrogens is 466 g/mol. The monoisotopic (exact) mass is 495 g/mol. The van der Waals surface area contributed by atoms with Crippen LogP contribution >= 0.6 is 0 Å². The van der Waals surface area contributed by atoms with Gasteiger partial charge in [0.2, 0.25) is 5.56 Å². The van der Waals surface area contributed by atoms with Gasteiger partial charge in [-0.3, -0.25) is 4.79 Å². The van der Waals surface area contributed by atoms with E-state index in [4.69, 9.17) is 4.74 Å². The third-order valence-corrected chi connectivity index (χ3v) is 6.61. The van der Waals surface area contributed by atoms with Crippen LogP contribution in [0, 0.1) is 0 Å². The topological polar surface area (TPSA) is 87.0 Å². The average Bonchev–Trinajstić information content (AvgIpc) is 2.89. The van der Waals surface area contributed by atoms with E-state index in [2.05, 4.69) is 22.9 Å². The first-order valence-corrected chi connectivity index (χ1v) is 12.1. The molecule has 0 spiro atoms. The number of aryl methyl sites for hydroxylation is 1. The lowest BCUT2D eigenvalue weighted by molar-refractivity contribution is 0.298. The van der Waals surface area contributed by atoms with Gasteiger partial charge in [-0.15, -0.1) is 0 Å². The van der Waals surface area contributed by atoms with Crippen LogP contribution in [-0.2, 0) is 26.6 Å². The molecule has 1 aromatic heterocycles. The van der Waals surface area contributed by atoms with Gasteiger partial charge in [0.15, 0.2) is 0 Å². The highest BCUT2D eigenvalue weighted by Crippen LogP contribution is 2.41. The first-order valence-electron chi connectivity index (χ1n) is 12.1. The minimum absolute atomic E-state index is 0.0675. The maximum atomic E-state index is 11.8. The maximum absolute atomic E-state index is 11.8. The molecule has 4 aromatic rings. The van der Waals surface area contributed by atoms with E-state index in [0.29, 0.717) is 36.7 Å². The van der Waals surface area contributed by atoms with E-state index in [1.165, 1.54) is 28.3 Å². The molecule has 0 amide bonds. The zero-order valence-electron chi connectivity index (χ0n) is 20.6. The second-order valence-corrected chi connectivity index (χ2v) is 9.17. The summed E-state index contributed by atoms with van der Waals surface area (Å²) >= 11 is 0. The standard InChI is InChI=1S/C30H29N3O4/c1-20(30-27(35)15-24(34)16-28(30)37-19-21-7-4-3-5-8-21)33-14-13-22-9-6-10-26(25(22)18-33)31-23-11-12-29(36)32(2)17-23/h3-12,15-17,31,34-35H,1,13-14,18-19H2,2H3. The summed E-state index contributed by atoms with van der Waals surface area (Å²) in [5.41, 5.74) is 6.10. The molecule has 2 heterocycles. The molecule has 0 saturated heterocycles. The summed E-state index contributed by atoms with van der Waals surface area (Å²) < 4.78 is 7.58. The van der Waals surface area contributed by atoms with Crippen molar-refractivity contribution in [1.29, 1.82) is 0 Å². The van der Waals surface area contributed by atoms with Crippen molar-refractivity contribution in [3.63, 3.8) is 0 Å². The molecule has 1 aliphatic rings. The summed E-state index contributed by atoms with van der Waals surface area (Å²) in [5.74, 6) is 0.203. The summed E-state index contributed by atoms with van der Waals surface area (Å²) in [6, 6.07) is 22.0. The van der Waals surface area contributed by atoms with Crippen molar-refractivity contribution in [1.82, 2.24) is 9.47 Å². The number of nitrogens with zero attached hydrogens (tertiary/aromatic N) is 2. The first-order chi connectivity index (χ1) is 17.9. The molecule has 0 radical (unpaired) electrons. The lowest BCUT2D eigenvalue weighted by Crippen LogP contribution is -2.29. The number of phenolic OH excluding ortho intramolecular Hbond substituents is 2. The Morgan fingerprint density at radius 2 is 1.86 bits per heavy atom. The molecular formula is C30H29N3O4. The number of aromatic hydroxyl groups is 2. The molecule has 0 atom stereocenters. The highest BCUT2D eigenvalue weighted by Gasteiger charge is 2.25. The lowest BCUT2D eigenvalue weighted by atomic mass is 9.96.